The Bertz CT molecular complexity index is 1280. The fourth-order valence-corrected chi connectivity index (χ4v) is 6.65. The number of carbonyl (C=O) groups excluding carboxylic acids is 1. The van der Waals surface area contributed by atoms with E-state index in [1.54, 1.807) is 17.8 Å². The Labute approximate surface area is 215 Å². The first kappa shape index (κ1) is 25.6. The first-order valence-electron chi connectivity index (χ1n) is 11.4. The van der Waals surface area contributed by atoms with Crippen molar-refractivity contribution in [3.05, 3.63) is 77.8 Å². The topological polar surface area (TPSA) is 75.7 Å². The molecule has 0 radical (unpaired) electrons. The minimum atomic E-state index is -3.71. The van der Waals surface area contributed by atoms with E-state index in [-0.39, 0.29) is 34.8 Å². The molecule has 35 heavy (non-hydrogen) atoms. The van der Waals surface area contributed by atoms with Gasteiger partial charge in [-0.3, -0.25) is 4.79 Å². The van der Waals surface area contributed by atoms with Gasteiger partial charge in [-0.25, -0.2) is 8.42 Å². The number of nitrogens with zero attached hydrogens (tertiary/aromatic N) is 1. The number of para-hydroxylation sites is 1. The first-order valence-corrected chi connectivity index (χ1v) is 14.1. The molecule has 1 fully saturated rings. The highest BCUT2D eigenvalue weighted by atomic mass is 35.5. The van der Waals surface area contributed by atoms with E-state index < -0.39 is 10.0 Å². The molecule has 0 aliphatic carbocycles. The maximum atomic E-state index is 13.1. The smallest absolute Gasteiger partial charge is 0.243 e. The van der Waals surface area contributed by atoms with Gasteiger partial charge in [0, 0.05) is 28.8 Å². The van der Waals surface area contributed by atoms with Crippen molar-refractivity contribution >= 4 is 45.0 Å². The van der Waals surface area contributed by atoms with Gasteiger partial charge in [0.2, 0.25) is 15.9 Å². The van der Waals surface area contributed by atoms with E-state index in [0.29, 0.717) is 25.2 Å². The number of nitrogens with one attached hydrogen (secondary N) is 1. The SMILES string of the molecule is CCOc1ccc(S(=O)(=O)N2CCC(C(=O)Nc3ccccc3Sc3ccccc3)CC2)cc1Cl. The Morgan fingerprint density at radius 1 is 1.06 bits per heavy atom. The van der Waals surface area contributed by atoms with Crippen LogP contribution >= 0.6 is 23.4 Å². The molecule has 0 unspecified atom stereocenters. The third-order valence-corrected chi connectivity index (χ3v) is 9.06. The van der Waals surface area contributed by atoms with Gasteiger partial charge in [0.15, 0.2) is 0 Å². The summed E-state index contributed by atoms with van der Waals surface area (Å²) in [5.41, 5.74) is 0.755. The number of ether oxygens (including phenoxy) is 1. The summed E-state index contributed by atoms with van der Waals surface area (Å²) in [6.45, 7) is 2.82. The Kier molecular flexibility index (Phi) is 8.38. The highest BCUT2D eigenvalue weighted by molar-refractivity contribution is 7.99. The zero-order valence-corrected chi connectivity index (χ0v) is 21.7. The molecule has 1 aliphatic rings. The molecule has 0 atom stereocenters. The second-order valence-corrected chi connectivity index (χ2v) is 11.6. The predicted molar refractivity (Wildman–Crippen MR) is 140 cm³/mol. The van der Waals surface area contributed by atoms with Crippen molar-refractivity contribution in [3.63, 3.8) is 0 Å². The number of sulfonamides is 1. The van der Waals surface area contributed by atoms with Crippen LogP contribution in [-0.4, -0.2) is 38.3 Å². The fourth-order valence-electron chi connectivity index (χ4n) is 3.93. The van der Waals surface area contributed by atoms with Gasteiger partial charge in [0.25, 0.3) is 0 Å². The summed E-state index contributed by atoms with van der Waals surface area (Å²) in [6, 6.07) is 22.2. The monoisotopic (exact) mass is 530 g/mol. The second kappa shape index (κ2) is 11.5. The Morgan fingerprint density at radius 3 is 2.43 bits per heavy atom. The molecule has 1 aliphatic heterocycles. The number of hydrogen-bond donors (Lipinski definition) is 1. The number of anilines is 1. The first-order chi connectivity index (χ1) is 16.9. The number of carbonyl (C=O) groups is 1. The molecule has 0 aromatic heterocycles. The van der Waals surface area contributed by atoms with E-state index in [1.165, 1.54) is 16.4 Å². The van der Waals surface area contributed by atoms with Crippen molar-refractivity contribution in [2.24, 2.45) is 5.92 Å². The van der Waals surface area contributed by atoms with Crippen LogP contribution in [0.15, 0.2) is 87.5 Å². The standard InChI is InChI=1S/C26H27ClN2O4S2/c1-2-33-24-13-12-21(18-22(24)27)35(31,32)29-16-14-19(15-17-29)26(30)28-23-10-6-7-11-25(23)34-20-8-4-3-5-9-20/h3-13,18-19H,2,14-17H2,1H3,(H,28,30). The van der Waals surface area contributed by atoms with Crippen LogP contribution in [0.5, 0.6) is 5.75 Å². The third-order valence-electron chi connectivity index (χ3n) is 5.78. The molecule has 1 amide bonds. The molecule has 6 nitrogen and oxygen atoms in total. The van der Waals surface area contributed by atoms with Crippen molar-refractivity contribution in [1.82, 2.24) is 4.31 Å². The Morgan fingerprint density at radius 2 is 1.74 bits per heavy atom. The number of amides is 1. The van der Waals surface area contributed by atoms with Gasteiger partial charge in [-0.15, -0.1) is 0 Å². The Hall–Kier alpha value is -2.52. The van der Waals surface area contributed by atoms with Crippen LogP contribution < -0.4 is 10.1 Å². The van der Waals surface area contributed by atoms with Gasteiger partial charge >= 0.3 is 0 Å². The van der Waals surface area contributed by atoms with Gasteiger partial charge in [0.1, 0.15) is 5.75 Å². The van der Waals surface area contributed by atoms with Gasteiger partial charge in [-0.2, -0.15) is 4.31 Å². The number of benzene rings is 3. The van der Waals surface area contributed by atoms with E-state index in [1.807, 2.05) is 61.5 Å². The quantitative estimate of drug-likeness (QED) is 0.390. The number of rotatable bonds is 8. The van der Waals surface area contributed by atoms with Crippen molar-refractivity contribution < 1.29 is 17.9 Å². The van der Waals surface area contributed by atoms with Gasteiger partial charge in [0.05, 0.1) is 22.2 Å². The molecule has 9 heteroatoms. The lowest BCUT2D eigenvalue weighted by Crippen LogP contribution is -2.41. The van der Waals surface area contributed by atoms with Crippen molar-refractivity contribution in [3.8, 4) is 5.75 Å². The lowest BCUT2D eigenvalue weighted by Gasteiger charge is -2.30. The summed E-state index contributed by atoms with van der Waals surface area (Å²) in [5, 5.41) is 3.31. The van der Waals surface area contributed by atoms with Crippen LogP contribution in [0.2, 0.25) is 5.02 Å². The highest BCUT2D eigenvalue weighted by Crippen LogP contribution is 2.34. The maximum Gasteiger partial charge on any atom is 0.243 e. The van der Waals surface area contributed by atoms with Gasteiger partial charge in [-0.1, -0.05) is 53.7 Å². The summed E-state index contributed by atoms with van der Waals surface area (Å²) in [6.07, 6.45) is 0.896. The normalized spacial score (nSPS) is 15.0. The lowest BCUT2D eigenvalue weighted by molar-refractivity contribution is -0.120. The molecule has 1 N–H and O–H groups in total. The lowest BCUT2D eigenvalue weighted by atomic mass is 9.97. The van der Waals surface area contributed by atoms with Gasteiger partial charge < -0.3 is 10.1 Å². The molecule has 184 valence electrons. The van der Waals surface area contributed by atoms with E-state index in [4.69, 9.17) is 16.3 Å². The minimum Gasteiger partial charge on any atom is -0.492 e. The van der Waals surface area contributed by atoms with E-state index in [0.717, 1.165) is 15.5 Å². The third kappa shape index (κ3) is 6.19. The molecule has 4 rings (SSSR count). The molecule has 3 aromatic rings. The molecular formula is C26H27ClN2O4S2. The zero-order valence-electron chi connectivity index (χ0n) is 19.3. The summed E-state index contributed by atoms with van der Waals surface area (Å²) < 4.78 is 33.0. The highest BCUT2D eigenvalue weighted by Gasteiger charge is 2.32. The number of halogens is 1. The van der Waals surface area contributed by atoms with Crippen LogP contribution in [0.25, 0.3) is 0 Å². The molecule has 0 bridgehead atoms. The largest absolute Gasteiger partial charge is 0.492 e. The van der Waals surface area contributed by atoms with E-state index >= 15 is 0 Å². The molecule has 1 heterocycles. The molecule has 1 saturated heterocycles. The number of piperidine rings is 1. The van der Waals surface area contributed by atoms with Crippen LogP contribution in [0, 0.1) is 5.92 Å². The summed E-state index contributed by atoms with van der Waals surface area (Å²) in [7, 11) is -3.71. The van der Waals surface area contributed by atoms with Crippen molar-refractivity contribution in [1.29, 1.82) is 0 Å². The average Bonchev–Trinajstić information content (AvgIpc) is 2.87. The second-order valence-electron chi connectivity index (χ2n) is 8.10. The Balaban J connectivity index is 1.39. The van der Waals surface area contributed by atoms with Crippen LogP contribution in [-0.2, 0) is 14.8 Å². The maximum absolute atomic E-state index is 13.1. The molecule has 3 aromatic carbocycles. The van der Waals surface area contributed by atoms with Crippen LogP contribution in [0.1, 0.15) is 19.8 Å². The average molecular weight is 531 g/mol. The summed E-state index contributed by atoms with van der Waals surface area (Å²) in [4.78, 5) is 15.2. The predicted octanol–water partition coefficient (Wildman–Crippen LogP) is 5.93. The van der Waals surface area contributed by atoms with Crippen molar-refractivity contribution in [2.45, 2.75) is 34.5 Å². The zero-order chi connectivity index (χ0) is 24.8. The molecular weight excluding hydrogens is 504 g/mol. The van der Waals surface area contributed by atoms with Gasteiger partial charge in [-0.05, 0) is 62.2 Å². The molecule has 0 saturated carbocycles. The van der Waals surface area contributed by atoms with E-state index in [2.05, 4.69) is 5.32 Å². The van der Waals surface area contributed by atoms with Crippen LogP contribution in [0.3, 0.4) is 0 Å². The summed E-state index contributed by atoms with van der Waals surface area (Å²) >= 11 is 7.78. The van der Waals surface area contributed by atoms with Crippen molar-refractivity contribution in [2.75, 3.05) is 25.0 Å². The molecule has 0 spiro atoms. The number of hydrogen-bond acceptors (Lipinski definition) is 5. The minimum absolute atomic E-state index is 0.0905. The summed E-state index contributed by atoms with van der Waals surface area (Å²) in [5.74, 6) is 0.0987. The van der Waals surface area contributed by atoms with E-state index in [9.17, 15) is 13.2 Å². The van der Waals surface area contributed by atoms with Crippen LogP contribution in [0.4, 0.5) is 5.69 Å². The fraction of sp³-hybridized carbons (Fsp3) is 0.269.